The second-order valence-electron chi connectivity index (χ2n) is 11.1. The van der Waals surface area contributed by atoms with E-state index in [-0.39, 0.29) is 0 Å². The molecule has 2 heterocycles. The molecule has 3 heteroatoms. The molecule has 0 saturated carbocycles. The van der Waals surface area contributed by atoms with Gasteiger partial charge in [-0.25, -0.2) is 0 Å². The first-order valence-corrected chi connectivity index (χ1v) is 14.9. The van der Waals surface area contributed by atoms with Crippen molar-refractivity contribution in [2.45, 2.75) is 52.8 Å². The zero-order chi connectivity index (χ0) is 23.7. The third kappa shape index (κ3) is 3.25. The van der Waals surface area contributed by atoms with Gasteiger partial charge in [0.1, 0.15) is 18.2 Å². The summed E-state index contributed by atoms with van der Waals surface area (Å²) in [6.07, 6.45) is 0. The number of fused-ring (bicyclic) bond motifs is 4. The average molecular weight is 453 g/mol. The molecule has 3 aromatic carbocycles. The molecule has 0 N–H and O–H groups in total. The Labute approximate surface area is 197 Å². The van der Waals surface area contributed by atoms with Crippen LogP contribution < -0.4 is 9.75 Å². The molecule has 168 valence electrons. The Bertz CT molecular complexity index is 1550. The Kier molecular flexibility index (Phi) is 4.84. The molecule has 0 atom stereocenters. The number of benzene rings is 3. The minimum Gasteiger partial charge on any atom is -0.455 e. The van der Waals surface area contributed by atoms with Crippen LogP contribution in [-0.4, -0.2) is 8.07 Å². The lowest BCUT2D eigenvalue weighted by Gasteiger charge is -2.37. The second kappa shape index (κ2) is 7.29. The van der Waals surface area contributed by atoms with Gasteiger partial charge in [-0.1, -0.05) is 63.3 Å². The zero-order valence-corrected chi connectivity index (χ0v) is 22.1. The smallest absolute Gasteiger partial charge is 0.216 e. The van der Waals surface area contributed by atoms with Crippen LogP contribution in [-0.2, 0) is 7.05 Å². The van der Waals surface area contributed by atoms with E-state index in [9.17, 15) is 0 Å². The van der Waals surface area contributed by atoms with Crippen molar-refractivity contribution in [1.82, 2.24) is 0 Å². The van der Waals surface area contributed by atoms with Gasteiger partial charge in [-0.2, -0.15) is 4.57 Å². The van der Waals surface area contributed by atoms with Crippen molar-refractivity contribution in [3.8, 4) is 11.3 Å². The van der Waals surface area contributed by atoms with E-state index in [4.69, 9.17) is 4.42 Å². The van der Waals surface area contributed by atoms with Gasteiger partial charge in [0.15, 0.2) is 0 Å². The van der Waals surface area contributed by atoms with Crippen LogP contribution in [0, 0.1) is 13.8 Å². The average Bonchev–Trinajstić information content (AvgIpc) is 3.12. The fourth-order valence-electron chi connectivity index (χ4n) is 4.87. The van der Waals surface area contributed by atoms with E-state index in [1.165, 1.54) is 49.2 Å². The van der Waals surface area contributed by atoms with E-state index >= 15 is 0 Å². The lowest BCUT2D eigenvalue weighted by molar-refractivity contribution is -0.633. The lowest BCUT2D eigenvalue weighted by atomic mass is 9.96. The summed E-state index contributed by atoms with van der Waals surface area (Å²) in [4.78, 5) is 0. The van der Waals surface area contributed by atoms with Gasteiger partial charge in [-0.15, -0.1) is 0 Å². The van der Waals surface area contributed by atoms with Crippen molar-refractivity contribution in [1.29, 1.82) is 0 Å². The molecular weight excluding hydrogens is 418 g/mol. The van der Waals surface area contributed by atoms with E-state index in [0.717, 1.165) is 11.2 Å². The number of furan rings is 1. The van der Waals surface area contributed by atoms with Crippen LogP contribution >= 0.6 is 0 Å². The Balaban J connectivity index is 1.77. The summed E-state index contributed by atoms with van der Waals surface area (Å²) in [5.41, 5.74) is 8.12. The van der Waals surface area contributed by atoms with Crippen LogP contribution in [0.1, 0.15) is 31.9 Å². The molecule has 0 radical (unpaired) electrons. The van der Waals surface area contributed by atoms with Gasteiger partial charge < -0.3 is 4.42 Å². The number of para-hydroxylation sites is 1. The SMILES string of the molecule is Cc1cc2c(oc3ccccc32)c(-c2ccc3cc([Si](C)(C)C(C)(C)C)ccc3[n+]2C)c1C. The van der Waals surface area contributed by atoms with Crippen LogP contribution in [0.2, 0.25) is 18.1 Å². The van der Waals surface area contributed by atoms with Gasteiger partial charge in [0.25, 0.3) is 0 Å². The molecule has 0 amide bonds. The van der Waals surface area contributed by atoms with Gasteiger partial charge in [0, 0.05) is 28.3 Å². The molecule has 0 aliphatic carbocycles. The van der Waals surface area contributed by atoms with Crippen LogP contribution in [0.3, 0.4) is 0 Å². The summed E-state index contributed by atoms with van der Waals surface area (Å²) in [6, 6.07) is 22.3. The van der Waals surface area contributed by atoms with Crippen molar-refractivity contribution >= 4 is 46.1 Å². The monoisotopic (exact) mass is 452 g/mol. The molecule has 5 aromatic rings. The molecule has 0 spiro atoms. The van der Waals surface area contributed by atoms with Crippen LogP contribution in [0.5, 0.6) is 0 Å². The number of hydrogen-bond donors (Lipinski definition) is 0. The Morgan fingerprint density at radius 3 is 2.30 bits per heavy atom. The maximum atomic E-state index is 6.43. The molecule has 0 unspecified atom stereocenters. The van der Waals surface area contributed by atoms with Crippen molar-refractivity contribution < 1.29 is 8.98 Å². The van der Waals surface area contributed by atoms with E-state index in [1.54, 1.807) is 0 Å². The molecule has 0 fully saturated rings. The predicted octanol–water partition coefficient (Wildman–Crippen LogP) is 7.56. The molecule has 33 heavy (non-hydrogen) atoms. The highest BCUT2D eigenvalue weighted by atomic mass is 28.3. The normalized spacial score (nSPS) is 12.8. The molecule has 5 rings (SSSR count). The predicted molar refractivity (Wildman–Crippen MR) is 144 cm³/mol. The van der Waals surface area contributed by atoms with Crippen LogP contribution in [0.4, 0.5) is 0 Å². The first kappa shape index (κ1) is 21.9. The van der Waals surface area contributed by atoms with E-state index in [1.807, 2.05) is 6.07 Å². The summed E-state index contributed by atoms with van der Waals surface area (Å²) in [7, 11) is 0.591. The molecule has 0 aliphatic heterocycles. The summed E-state index contributed by atoms with van der Waals surface area (Å²) in [5.74, 6) is 0. The quantitative estimate of drug-likeness (QED) is 0.199. The van der Waals surface area contributed by atoms with E-state index in [0.29, 0.717) is 5.04 Å². The third-order valence-corrected chi connectivity index (χ3v) is 13.7. The highest BCUT2D eigenvalue weighted by molar-refractivity contribution is 6.92. The first-order valence-electron chi connectivity index (χ1n) is 11.9. The zero-order valence-electron chi connectivity index (χ0n) is 21.1. The summed E-state index contributed by atoms with van der Waals surface area (Å²) in [5, 5.41) is 5.50. The van der Waals surface area contributed by atoms with Gasteiger partial charge in [0.2, 0.25) is 11.2 Å². The number of aryl methyl sites for hydroxylation is 2. The number of hydrogen-bond acceptors (Lipinski definition) is 1. The van der Waals surface area contributed by atoms with Crippen molar-refractivity contribution in [2.75, 3.05) is 0 Å². The van der Waals surface area contributed by atoms with Crippen LogP contribution in [0.25, 0.3) is 44.1 Å². The van der Waals surface area contributed by atoms with Gasteiger partial charge in [-0.05, 0) is 54.3 Å². The summed E-state index contributed by atoms with van der Waals surface area (Å²) >= 11 is 0. The minimum absolute atomic E-state index is 0.314. The van der Waals surface area contributed by atoms with Crippen molar-refractivity contribution in [2.24, 2.45) is 7.05 Å². The fraction of sp³-hybridized carbons (Fsp3) is 0.300. The Morgan fingerprint density at radius 1 is 0.848 bits per heavy atom. The van der Waals surface area contributed by atoms with Crippen molar-refractivity contribution in [3.63, 3.8) is 0 Å². The summed E-state index contributed by atoms with van der Waals surface area (Å²) in [6.45, 7) is 16.5. The van der Waals surface area contributed by atoms with Gasteiger partial charge in [0.05, 0.1) is 13.6 Å². The van der Waals surface area contributed by atoms with E-state index < -0.39 is 8.07 Å². The second-order valence-corrected chi connectivity index (χ2v) is 16.4. The highest BCUT2D eigenvalue weighted by Gasteiger charge is 2.37. The minimum atomic E-state index is -1.59. The Morgan fingerprint density at radius 2 is 1.58 bits per heavy atom. The maximum absolute atomic E-state index is 6.43. The van der Waals surface area contributed by atoms with Gasteiger partial charge >= 0.3 is 0 Å². The summed E-state index contributed by atoms with van der Waals surface area (Å²) < 4.78 is 8.77. The topological polar surface area (TPSA) is 17.0 Å². The third-order valence-electron chi connectivity index (χ3n) is 8.21. The molecule has 0 saturated heterocycles. The van der Waals surface area contributed by atoms with Gasteiger partial charge in [-0.3, -0.25) is 0 Å². The largest absolute Gasteiger partial charge is 0.455 e. The molecular formula is C30H34NOSi+. The molecule has 2 aromatic heterocycles. The molecule has 2 nitrogen and oxygen atoms in total. The Hall–Kier alpha value is -2.91. The molecule has 0 bridgehead atoms. The first-order chi connectivity index (χ1) is 15.5. The number of nitrogens with zero attached hydrogens (tertiary/aromatic N) is 1. The molecule has 0 aliphatic rings. The van der Waals surface area contributed by atoms with Crippen molar-refractivity contribution in [3.05, 3.63) is 71.8 Å². The fourth-order valence-corrected chi connectivity index (χ4v) is 6.75. The van der Waals surface area contributed by atoms with E-state index in [2.05, 4.69) is 114 Å². The standard InChI is InChI=1S/C30H34NOSi/c1-19-17-24-23-11-9-10-12-27(23)32-29(24)28(20(19)2)26-15-13-21-18-22(14-16-25(21)31(26)6)33(7,8)30(3,4)5/h9-18H,1-8H3/q+1. The van der Waals surface area contributed by atoms with Crippen LogP contribution in [0.15, 0.2) is 65.1 Å². The lowest BCUT2D eigenvalue weighted by Crippen LogP contribution is -2.49. The number of rotatable bonds is 2. The number of aromatic nitrogens is 1. The highest BCUT2D eigenvalue weighted by Crippen LogP contribution is 2.39. The number of pyridine rings is 1. The maximum Gasteiger partial charge on any atom is 0.216 e.